The quantitative estimate of drug-likeness (QED) is 0.120. The molecule has 8 N–H and O–H groups in total. The van der Waals surface area contributed by atoms with E-state index >= 15 is 0 Å². The molecule has 256 valence electrons. The van der Waals surface area contributed by atoms with Gasteiger partial charge in [-0.05, 0) is 18.2 Å². The van der Waals surface area contributed by atoms with Gasteiger partial charge in [0.25, 0.3) is 0 Å². The topological polar surface area (TPSA) is 264 Å². The zero-order chi connectivity index (χ0) is 34.2. The van der Waals surface area contributed by atoms with Crippen LogP contribution in [0.5, 0.6) is 23.0 Å². The lowest BCUT2D eigenvalue weighted by Gasteiger charge is -2.45. The van der Waals surface area contributed by atoms with E-state index < -0.39 is 91.8 Å². The molecule has 0 aliphatic carbocycles. The highest BCUT2D eigenvalue weighted by Gasteiger charge is 2.51. The van der Waals surface area contributed by atoms with Crippen LogP contribution in [0.1, 0.15) is 6.92 Å². The summed E-state index contributed by atoms with van der Waals surface area (Å²) in [7, 11) is 1.34. The van der Waals surface area contributed by atoms with Crippen LogP contribution in [0.3, 0.4) is 0 Å². The molecule has 1 aromatic heterocycles. The number of hydrogen-bond acceptors (Lipinski definition) is 17. The summed E-state index contributed by atoms with van der Waals surface area (Å²) in [6.07, 6.45) is -17.0. The van der Waals surface area contributed by atoms with Crippen LogP contribution in [0, 0.1) is 0 Å². The number of aromatic hydroxyl groups is 2. The number of methoxy groups -OCH3 is 1. The van der Waals surface area contributed by atoms with E-state index in [9.17, 15) is 50.4 Å². The fraction of sp³-hybridized carbons (Fsp3) is 0.467. The van der Waals surface area contributed by atoms with Crippen LogP contribution in [-0.2, 0) is 23.7 Å². The summed E-state index contributed by atoms with van der Waals surface area (Å²) in [4.78, 5) is 24.2. The Kier molecular flexibility index (Phi) is 10.2. The van der Waals surface area contributed by atoms with Gasteiger partial charge in [-0.1, -0.05) is 0 Å². The van der Waals surface area contributed by atoms with E-state index in [4.69, 9.17) is 32.8 Å². The molecule has 17 nitrogen and oxygen atoms in total. The molecule has 2 saturated heterocycles. The molecule has 47 heavy (non-hydrogen) atoms. The normalized spacial score (nSPS) is 31.0. The van der Waals surface area contributed by atoms with Crippen molar-refractivity contribution < 1.29 is 78.5 Å². The fourth-order valence-electron chi connectivity index (χ4n) is 5.25. The molecular weight excluding hydrogens is 632 g/mol. The fourth-order valence-corrected chi connectivity index (χ4v) is 5.25. The lowest BCUT2D eigenvalue weighted by Crippen LogP contribution is -2.65. The molecule has 2 aliphatic rings. The van der Waals surface area contributed by atoms with Gasteiger partial charge >= 0.3 is 5.97 Å². The van der Waals surface area contributed by atoms with Gasteiger partial charge in [-0.15, -0.1) is 0 Å². The van der Waals surface area contributed by atoms with Gasteiger partial charge in [0.15, 0.2) is 23.2 Å². The second-order valence-electron chi connectivity index (χ2n) is 10.9. The second kappa shape index (κ2) is 14.0. The predicted molar refractivity (Wildman–Crippen MR) is 154 cm³/mol. The highest BCUT2D eigenvalue weighted by Crippen LogP contribution is 2.36. The lowest BCUT2D eigenvalue weighted by atomic mass is 9.97. The highest BCUT2D eigenvalue weighted by molar-refractivity contribution is 5.86. The van der Waals surface area contributed by atoms with Crippen molar-refractivity contribution in [3.63, 3.8) is 0 Å². The molecule has 2 aliphatic heterocycles. The summed E-state index contributed by atoms with van der Waals surface area (Å²) in [5, 5.41) is 83.3. The molecule has 0 saturated carbocycles. The molecule has 17 heteroatoms. The summed E-state index contributed by atoms with van der Waals surface area (Å²) < 4.78 is 38.2. The molecule has 3 aromatic rings. The van der Waals surface area contributed by atoms with Crippen LogP contribution in [0.4, 0.5) is 0 Å². The molecule has 0 radical (unpaired) electrons. The van der Waals surface area contributed by atoms with E-state index in [1.807, 2.05) is 0 Å². The molecule has 10 atom stereocenters. The van der Waals surface area contributed by atoms with Gasteiger partial charge in [-0.2, -0.15) is 0 Å². The van der Waals surface area contributed by atoms with Crippen LogP contribution >= 0.6 is 0 Å². The standard InChI is InChI=1S/C30H34O17/c1-11(32)42-10-21-23(36)25(38)26(39)29(46-21)47-28-24(37)20(9-31)45-30(27(28)40)43-13-6-15(34)22-16(35)8-17(44-19(22)7-13)12-3-4-14(33)18(5-12)41-2/h3-8,20-21,23-31,33-34,36-40H,9-10H2,1-2H3/t20-,21-,23-,24-,25+,26-,27-,28+,29+,30-/m1/s1. The van der Waals surface area contributed by atoms with Crippen molar-refractivity contribution >= 4 is 16.9 Å². The van der Waals surface area contributed by atoms with Crippen molar-refractivity contribution in [1.82, 2.24) is 0 Å². The van der Waals surface area contributed by atoms with Crippen molar-refractivity contribution in [2.75, 3.05) is 20.3 Å². The molecule has 3 heterocycles. The maximum atomic E-state index is 12.9. The number of phenols is 2. The first-order chi connectivity index (χ1) is 22.3. The third-order valence-electron chi connectivity index (χ3n) is 7.73. The molecule has 2 aromatic carbocycles. The number of aliphatic hydroxyl groups is 6. The van der Waals surface area contributed by atoms with Crippen molar-refractivity contribution in [3.05, 3.63) is 46.6 Å². The summed E-state index contributed by atoms with van der Waals surface area (Å²) in [6, 6.07) is 7.62. The minimum absolute atomic E-state index is 0.0496. The van der Waals surface area contributed by atoms with E-state index in [1.165, 1.54) is 31.4 Å². The summed E-state index contributed by atoms with van der Waals surface area (Å²) >= 11 is 0. The highest BCUT2D eigenvalue weighted by atomic mass is 16.7. The van der Waals surface area contributed by atoms with Crippen LogP contribution in [0.2, 0.25) is 0 Å². The van der Waals surface area contributed by atoms with Crippen LogP contribution in [-0.4, -0.2) is 129 Å². The number of hydrogen-bond donors (Lipinski definition) is 8. The first-order valence-electron chi connectivity index (χ1n) is 14.3. The number of rotatable bonds is 9. The lowest BCUT2D eigenvalue weighted by molar-refractivity contribution is -0.353. The smallest absolute Gasteiger partial charge is 0.302 e. The van der Waals surface area contributed by atoms with Gasteiger partial charge in [0.2, 0.25) is 6.29 Å². The van der Waals surface area contributed by atoms with Crippen molar-refractivity contribution in [2.45, 2.75) is 68.3 Å². The number of carbonyl (C=O) groups is 1. The van der Waals surface area contributed by atoms with E-state index in [0.717, 1.165) is 19.1 Å². The Balaban J connectivity index is 1.41. The Labute approximate surface area is 265 Å². The molecular formula is C30H34O17. The zero-order valence-corrected chi connectivity index (χ0v) is 24.9. The van der Waals surface area contributed by atoms with Crippen LogP contribution in [0.15, 0.2) is 45.6 Å². The second-order valence-corrected chi connectivity index (χ2v) is 10.9. The van der Waals surface area contributed by atoms with E-state index in [-0.39, 0.29) is 34.0 Å². The van der Waals surface area contributed by atoms with Crippen molar-refractivity contribution in [2.24, 2.45) is 0 Å². The number of aliphatic hydroxyl groups excluding tert-OH is 6. The third-order valence-corrected chi connectivity index (χ3v) is 7.73. The van der Waals surface area contributed by atoms with Gasteiger partial charge in [-0.25, -0.2) is 0 Å². The minimum Gasteiger partial charge on any atom is -0.507 e. The Morgan fingerprint density at radius 1 is 0.851 bits per heavy atom. The first-order valence-corrected chi connectivity index (χ1v) is 14.3. The Morgan fingerprint density at radius 2 is 1.57 bits per heavy atom. The number of ether oxygens (including phenoxy) is 6. The van der Waals surface area contributed by atoms with Gasteiger partial charge < -0.3 is 73.7 Å². The van der Waals surface area contributed by atoms with Crippen LogP contribution < -0.4 is 14.9 Å². The van der Waals surface area contributed by atoms with Gasteiger partial charge in [-0.3, -0.25) is 9.59 Å². The van der Waals surface area contributed by atoms with E-state index in [1.54, 1.807) is 0 Å². The largest absolute Gasteiger partial charge is 0.507 e. The number of fused-ring (bicyclic) bond motifs is 1. The summed E-state index contributed by atoms with van der Waals surface area (Å²) in [5.41, 5.74) is -0.403. The average Bonchev–Trinajstić information content (AvgIpc) is 3.03. The Morgan fingerprint density at radius 3 is 2.26 bits per heavy atom. The van der Waals surface area contributed by atoms with Crippen LogP contribution in [0.25, 0.3) is 22.3 Å². The van der Waals surface area contributed by atoms with E-state index in [0.29, 0.717) is 5.56 Å². The molecule has 0 spiro atoms. The molecule has 0 bridgehead atoms. The third kappa shape index (κ3) is 6.98. The average molecular weight is 667 g/mol. The Hall–Kier alpha value is -4.04. The SMILES string of the molecule is COc1cc(-c2cc(=O)c3c(O)cc(O[C@@H]4O[C@H](CO)[C@@H](O)[C@H](O[C@@H]5O[C@H](COC(C)=O)[C@@H](O)[C@H](O)[C@H]5O)[C@H]4O)cc3o2)ccc1O. The van der Waals surface area contributed by atoms with Gasteiger partial charge in [0.05, 0.1) is 13.7 Å². The molecule has 5 rings (SSSR count). The van der Waals surface area contributed by atoms with E-state index in [2.05, 4.69) is 0 Å². The Bertz CT molecular complexity index is 1640. The van der Waals surface area contributed by atoms with Crippen molar-refractivity contribution in [3.8, 4) is 34.3 Å². The predicted octanol–water partition coefficient (Wildman–Crippen LogP) is -1.55. The summed E-state index contributed by atoms with van der Waals surface area (Å²) in [6.45, 7) is -0.212. The zero-order valence-electron chi connectivity index (χ0n) is 24.9. The maximum Gasteiger partial charge on any atom is 0.302 e. The number of carbonyl (C=O) groups excluding carboxylic acids is 1. The monoisotopic (exact) mass is 666 g/mol. The van der Waals surface area contributed by atoms with Gasteiger partial charge in [0, 0.05) is 30.7 Å². The number of phenolic OH excluding ortho intramolecular Hbond substituents is 2. The number of benzene rings is 2. The molecule has 0 amide bonds. The van der Waals surface area contributed by atoms with Gasteiger partial charge in [0.1, 0.15) is 83.7 Å². The maximum absolute atomic E-state index is 12.9. The van der Waals surface area contributed by atoms with Crippen molar-refractivity contribution in [1.29, 1.82) is 0 Å². The molecule has 2 fully saturated rings. The molecule has 0 unspecified atom stereocenters. The number of esters is 1. The minimum atomic E-state index is -1.89. The summed E-state index contributed by atoms with van der Waals surface area (Å²) in [5.74, 6) is -1.44. The first kappa shape index (κ1) is 34.3.